The minimum absolute atomic E-state index is 0.0866. The summed E-state index contributed by atoms with van der Waals surface area (Å²) >= 11 is 5.44. The van der Waals surface area contributed by atoms with Gasteiger partial charge in [-0.25, -0.2) is 19.4 Å². The van der Waals surface area contributed by atoms with Crippen molar-refractivity contribution in [3.63, 3.8) is 0 Å². The maximum atomic E-state index is 9.77. The standard InChI is InChI=1S/C18H13BrN2O2.C17H12N2O2.C16H10N2O2.C14H10INO2/c1-21-16-7-8-18(15(11-16)12-22-13-19)23-17-6-2-4-14(10-17)5-3-9-20;1-19-14-8-9-16(17(12-14)20-2)21-15-7-3-5-13(11-15)6-4-10-18;1-18-13-7-8-16(15(19)11-13)20-14-6-2-4-12(10-14)5-3-9-17;1-16-11-6-7-13(14(9-11)17-2)18-12-5-3-4-10(15)8-12/h2-8,10-11H,12-13H2;3-9,11-12H,2H3;2-8,10-11,19H;3-9H,2H3/b5-3+;6-4+;5-3+;. The third-order valence-electron chi connectivity index (χ3n) is 10.5. The summed E-state index contributed by atoms with van der Waals surface area (Å²) < 4.78 is 39.9. The smallest absolute Gasteiger partial charge is 0.191 e. The number of benzene rings is 8. The van der Waals surface area contributed by atoms with E-state index >= 15 is 0 Å². The van der Waals surface area contributed by atoms with E-state index in [1.165, 1.54) is 31.4 Å². The molecule has 0 aliphatic heterocycles. The average Bonchev–Trinajstić information content (AvgIpc) is 3.65. The number of aromatic hydroxyl groups is 1. The number of rotatable bonds is 16. The number of hydrogen-bond donors (Lipinski definition) is 1. The first-order valence-corrected chi connectivity index (χ1v) is 26.1. The topological polar surface area (TPSA) is 174 Å². The van der Waals surface area contributed by atoms with Gasteiger partial charge in [-0.15, -0.1) is 0 Å². The molecule has 0 aliphatic rings. The van der Waals surface area contributed by atoms with Crippen molar-refractivity contribution in [1.29, 1.82) is 15.8 Å². The molecule has 82 heavy (non-hydrogen) atoms. The fraction of sp³-hybridized carbons (Fsp3) is 0.0615. The van der Waals surface area contributed by atoms with Crippen LogP contribution in [-0.2, 0) is 11.3 Å². The molecule has 0 saturated carbocycles. The number of alkyl halides is 1. The fourth-order valence-corrected chi connectivity index (χ4v) is 7.44. The van der Waals surface area contributed by atoms with Gasteiger partial charge in [0.15, 0.2) is 51.5 Å². The molecule has 402 valence electrons. The summed E-state index contributed by atoms with van der Waals surface area (Å²) in [5.41, 5.74) is 5.68. The van der Waals surface area contributed by atoms with Gasteiger partial charge in [-0.05, 0) is 161 Å². The molecule has 0 unspecified atom stereocenters. The van der Waals surface area contributed by atoms with E-state index in [0.717, 1.165) is 31.6 Å². The van der Waals surface area contributed by atoms with E-state index in [1.54, 1.807) is 110 Å². The number of nitriles is 3. The highest BCUT2D eigenvalue weighted by Crippen LogP contribution is 2.38. The normalized spacial score (nSPS) is 9.91. The van der Waals surface area contributed by atoms with Crippen molar-refractivity contribution in [2.24, 2.45) is 0 Å². The molecule has 0 aromatic heterocycles. The van der Waals surface area contributed by atoms with Gasteiger partial charge in [0.05, 0.1) is 65.3 Å². The maximum Gasteiger partial charge on any atom is 0.191 e. The predicted octanol–water partition coefficient (Wildman–Crippen LogP) is 18.9. The lowest BCUT2D eigenvalue weighted by Crippen LogP contribution is -1.95. The Morgan fingerprint density at radius 1 is 0.463 bits per heavy atom. The number of allylic oxidation sites excluding steroid dienone is 3. The number of phenolic OH excluding ortho intramolecular Hbond substituents is 1. The Morgan fingerprint density at radius 2 is 0.829 bits per heavy atom. The Labute approximate surface area is 497 Å². The SMILES string of the molecule is [C-]#[N+]c1ccc(Oc2cccc(/C=C/C#N)c2)c(COCBr)c1.[C-]#[N+]c1ccc(Oc2cccc(/C=C/C#N)c2)c(O)c1.[C-]#[N+]c1ccc(Oc2cccc(/C=C/C#N)c2)c(OC)c1.[C-]#[N+]c1ccc(Oc2cccc(I)c2)c(OC)c1. The van der Waals surface area contributed by atoms with Gasteiger partial charge in [0.1, 0.15) is 40.0 Å². The molecule has 8 rings (SSSR count). The van der Waals surface area contributed by atoms with Crippen LogP contribution in [0.2, 0.25) is 0 Å². The van der Waals surface area contributed by atoms with E-state index in [9.17, 15) is 5.11 Å². The molecule has 0 radical (unpaired) electrons. The van der Waals surface area contributed by atoms with E-state index in [4.69, 9.17) is 75.2 Å². The van der Waals surface area contributed by atoms with Crippen molar-refractivity contribution < 1.29 is 38.3 Å². The van der Waals surface area contributed by atoms with E-state index in [0.29, 0.717) is 80.9 Å². The lowest BCUT2D eigenvalue weighted by atomic mass is 10.1. The van der Waals surface area contributed by atoms with Crippen LogP contribution < -0.4 is 28.4 Å². The molecule has 1 N–H and O–H groups in total. The summed E-state index contributed by atoms with van der Waals surface area (Å²) in [4.78, 5) is 13.3. The van der Waals surface area contributed by atoms with Crippen molar-refractivity contribution >= 4 is 79.5 Å². The van der Waals surface area contributed by atoms with Crippen LogP contribution in [0.15, 0.2) is 188 Å². The number of nitrogens with zero attached hydrogens (tertiary/aromatic N) is 7. The van der Waals surface area contributed by atoms with E-state index < -0.39 is 0 Å². The van der Waals surface area contributed by atoms with E-state index in [2.05, 4.69) is 57.9 Å². The highest BCUT2D eigenvalue weighted by molar-refractivity contribution is 14.1. The highest BCUT2D eigenvalue weighted by atomic mass is 127. The summed E-state index contributed by atoms with van der Waals surface area (Å²) in [6, 6.07) is 55.2. The fourth-order valence-electron chi connectivity index (χ4n) is 6.76. The summed E-state index contributed by atoms with van der Waals surface area (Å²) in [7, 11) is 3.09. The van der Waals surface area contributed by atoms with Gasteiger partial charge < -0.3 is 38.3 Å². The second-order valence-electron chi connectivity index (χ2n) is 16.0. The largest absolute Gasteiger partial charge is 0.505 e. The van der Waals surface area contributed by atoms with Crippen LogP contribution >= 0.6 is 38.5 Å². The van der Waals surface area contributed by atoms with Crippen LogP contribution in [0.1, 0.15) is 22.3 Å². The molecule has 0 atom stereocenters. The van der Waals surface area contributed by atoms with Gasteiger partial charge in [0.25, 0.3) is 0 Å². The lowest BCUT2D eigenvalue weighted by molar-refractivity contribution is 0.170. The van der Waals surface area contributed by atoms with Gasteiger partial charge in [-0.2, -0.15) is 15.8 Å². The average molecular weight is 1260 g/mol. The molecule has 8 aromatic rings. The van der Waals surface area contributed by atoms with Gasteiger partial charge in [0, 0.05) is 27.4 Å². The van der Waals surface area contributed by atoms with E-state index in [-0.39, 0.29) is 11.5 Å². The maximum absolute atomic E-state index is 9.77. The molecule has 0 spiro atoms. The predicted molar refractivity (Wildman–Crippen MR) is 327 cm³/mol. The van der Waals surface area contributed by atoms with Crippen molar-refractivity contribution in [3.8, 4) is 81.5 Å². The Kier molecular flexibility index (Phi) is 25.8. The summed E-state index contributed by atoms with van der Waals surface area (Å²) in [6.07, 6.45) is 9.27. The summed E-state index contributed by atoms with van der Waals surface area (Å²) in [6.45, 7) is 28.3. The van der Waals surface area contributed by atoms with Gasteiger partial charge in [-0.1, -0.05) is 82.7 Å². The zero-order valence-corrected chi connectivity index (χ0v) is 47.5. The van der Waals surface area contributed by atoms with Crippen molar-refractivity contribution in [3.05, 3.63) is 260 Å². The number of methoxy groups -OCH3 is 2. The third-order valence-corrected chi connectivity index (χ3v) is 11.5. The number of phenols is 1. The summed E-state index contributed by atoms with van der Waals surface area (Å²) in [5.74, 6) is 5.59. The second kappa shape index (κ2) is 34.1. The van der Waals surface area contributed by atoms with Gasteiger partial charge >= 0.3 is 0 Å². The van der Waals surface area contributed by atoms with Gasteiger partial charge in [-0.3, -0.25) is 0 Å². The first kappa shape index (κ1) is 62.0. The molecular formula is C65H45BrIN7O8. The summed E-state index contributed by atoms with van der Waals surface area (Å²) in [5, 5.41) is 35.4. The first-order chi connectivity index (χ1) is 40.0. The Bertz CT molecular complexity index is 3890. The number of halogens is 2. The molecule has 0 saturated heterocycles. The van der Waals surface area contributed by atoms with Crippen LogP contribution in [0.5, 0.6) is 63.2 Å². The van der Waals surface area contributed by atoms with Crippen molar-refractivity contribution in [2.75, 3.05) is 19.7 Å². The van der Waals surface area contributed by atoms with Crippen LogP contribution in [-0.4, -0.2) is 24.8 Å². The Morgan fingerprint density at radius 3 is 1.22 bits per heavy atom. The monoisotopic (exact) mass is 1260 g/mol. The third kappa shape index (κ3) is 20.5. The molecule has 0 bridgehead atoms. The van der Waals surface area contributed by atoms with Crippen molar-refractivity contribution in [1.82, 2.24) is 0 Å². The molecular weight excluding hydrogens is 1210 g/mol. The lowest BCUT2D eigenvalue weighted by Gasteiger charge is -2.12. The Balaban J connectivity index is 0.000000201. The van der Waals surface area contributed by atoms with Crippen molar-refractivity contribution in [2.45, 2.75) is 6.61 Å². The first-order valence-electron chi connectivity index (χ1n) is 23.9. The molecule has 0 heterocycles. The highest BCUT2D eigenvalue weighted by Gasteiger charge is 2.11. The molecule has 8 aromatic carbocycles. The zero-order chi connectivity index (χ0) is 58.9. The van der Waals surface area contributed by atoms with Gasteiger partial charge in [0.2, 0.25) is 0 Å². The van der Waals surface area contributed by atoms with Crippen LogP contribution in [0, 0.1) is 63.9 Å². The minimum atomic E-state index is -0.0866. The number of hydrogen-bond acceptors (Lipinski definition) is 11. The zero-order valence-electron chi connectivity index (χ0n) is 43.7. The second-order valence-corrected chi connectivity index (χ2v) is 17.7. The molecule has 0 fully saturated rings. The molecule has 0 aliphatic carbocycles. The molecule has 17 heteroatoms. The van der Waals surface area contributed by atoms with Crippen LogP contribution in [0.4, 0.5) is 22.7 Å². The van der Waals surface area contributed by atoms with Crippen LogP contribution in [0.3, 0.4) is 0 Å². The Hall–Kier alpha value is -10.8. The quantitative estimate of drug-likeness (QED) is 0.0422. The molecule has 15 nitrogen and oxygen atoms in total. The number of ether oxygens (including phenoxy) is 7. The van der Waals surface area contributed by atoms with Crippen LogP contribution in [0.25, 0.3) is 37.6 Å². The minimum Gasteiger partial charge on any atom is -0.505 e. The van der Waals surface area contributed by atoms with E-state index in [1.807, 2.05) is 97.1 Å². The molecule has 0 amide bonds.